The van der Waals surface area contributed by atoms with Crippen LogP contribution in [0.3, 0.4) is 0 Å². The van der Waals surface area contributed by atoms with Gasteiger partial charge in [-0.1, -0.05) is 0 Å². The van der Waals surface area contributed by atoms with Gasteiger partial charge in [0.25, 0.3) is 0 Å². The molecule has 0 aliphatic heterocycles. The van der Waals surface area contributed by atoms with Gasteiger partial charge < -0.3 is 28.7 Å². The largest absolute Gasteiger partial charge is 0.462 e. The zero-order valence-electron chi connectivity index (χ0n) is 17.2. The summed E-state index contributed by atoms with van der Waals surface area (Å²) in [6.07, 6.45) is -2.96. The molecule has 0 radical (unpaired) electrons. The number of esters is 5. The number of rotatable bonds is 10. The molecule has 0 aromatic carbocycles. The van der Waals surface area contributed by atoms with Crippen LogP contribution in [0.4, 0.5) is 0 Å². The van der Waals surface area contributed by atoms with Crippen molar-refractivity contribution in [3.05, 3.63) is 18.2 Å². The quantitative estimate of drug-likeness (QED) is 0.405. The van der Waals surface area contributed by atoms with Crippen molar-refractivity contribution in [2.45, 2.75) is 59.0 Å². The van der Waals surface area contributed by atoms with Crippen LogP contribution in [0.5, 0.6) is 0 Å². The van der Waals surface area contributed by atoms with Crippen molar-refractivity contribution in [1.82, 2.24) is 9.97 Å². The van der Waals surface area contributed by atoms with Crippen molar-refractivity contribution in [3.8, 4) is 0 Å². The molecule has 0 bridgehead atoms. The summed E-state index contributed by atoms with van der Waals surface area (Å²) in [4.78, 5) is 64.8. The number of carbonyl (C=O) groups is 5. The summed E-state index contributed by atoms with van der Waals surface area (Å²) in [5, 5.41) is 0. The Morgan fingerprint density at radius 3 is 1.77 bits per heavy atom. The molecular formula is C18H24N2O10. The van der Waals surface area contributed by atoms with Crippen LogP contribution >= 0.6 is 0 Å². The molecule has 0 unspecified atom stereocenters. The molecule has 0 aliphatic carbocycles. The van der Waals surface area contributed by atoms with Crippen molar-refractivity contribution >= 4 is 29.8 Å². The third kappa shape index (κ3) is 8.29. The average Bonchev–Trinajstić information content (AvgIpc) is 3.13. The first-order valence-electron chi connectivity index (χ1n) is 8.82. The number of imidazole rings is 1. The molecular weight excluding hydrogens is 404 g/mol. The number of hydrogen-bond donors (Lipinski definition) is 1. The van der Waals surface area contributed by atoms with Gasteiger partial charge in [-0.3, -0.25) is 24.0 Å². The fourth-order valence-corrected chi connectivity index (χ4v) is 2.54. The smallest absolute Gasteiger partial charge is 0.303 e. The van der Waals surface area contributed by atoms with Crippen molar-refractivity contribution in [3.63, 3.8) is 0 Å². The number of aromatic nitrogens is 2. The molecule has 4 atom stereocenters. The molecule has 0 saturated carbocycles. The molecule has 12 nitrogen and oxygen atoms in total. The van der Waals surface area contributed by atoms with Gasteiger partial charge in [0.1, 0.15) is 6.61 Å². The molecule has 0 spiro atoms. The van der Waals surface area contributed by atoms with Gasteiger partial charge in [-0.2, -0.15) is 0 Å². The van der Waals surface area contributed by atoms with Gasteiger partial charge >= 0.3 is 29.8 Å². The lowest BCUT2D eigenvalue weighted by Crippen LogP contribution is -2.50. The maximum atomic E-state index is 11.8. The Balaban J connectivity index is 3.47. The summed E-state index contributed by atoms with van der Waals surface area (Å²) in [5.41, 5.74) is 0. The van der Waals surface area contributed by atoms with E-state index in [1.807, 2.05) is 0 Å². The van der Waals surface area contributed by atoms with Gasteiger partial charge in [-0.15, -0.1) is 0 Å². The summed E-state index contributed by atoms with van der Waals surface area (Å²) in [7, 11) is 0. The highest BCUT2D eigenvalue weighted by Gasteiger charge is 2.45. The Hall–Kier alpha value is -3.44. The van der Waals surface area contributed by atoms with E-state index in [0.717, 1.165) is 34.6 Å². The number of carbonyl (C=O) groups excluding carboxylic acids is 5. The highest BCUT2D eigenvalue weighted by Crippen LogP contribution is 2.28. The van der Waals surface area contributed by atoms with E-state index in [0.29, 0.717) is 0 Å². The van der Waals surface area contributed by atoms with Crippen LogP contribution in [-0.4, -0.2) is 64.7 Å². The van der Waals surface area contributed by atoms with E-state index in [4.69, 9.17) is 23.7 Å². The van der Waals surface area contributed by atoms with Crippen LogP contribution in [0.1, 0.15) is 46.5 Å². The number of aromatic amines is 1. The summed E-state index contributed by atoms with van der Waals surface area (Å²) in [6.45, 7) is 4.96. The van der Waals surface area contributed by atoms with Gasteiger partial charge in [-0.25, -0.2) is 4.98 Å². The van der Waals surface area contributed by atoms with Gasteiger partial charge in [-0.05, 0) is 0 Å². The Bertz CT molecular complexity index is 761. The Morgan fingerprint density at radius 1 is 0.800 bits per heavy atom. The number of hydrogen-bond acceptors (Lipinski definition) is 11. The highest BCUT2D eigenvalue weighted by atomic mass is 16.6. The van der Waals surface area contributed by atoms with Crippen molar-refractivity contribution in [2.24, 2.45) is 0 Å². The minimum absolute atomic E-state index is 0.0719. The van der Waals surface area contributed by atoms with Crippen LogP contribution in [0.15, 0.2) is 12.4 Å². The molecule has 1 N–H and O–H groups in total. The van der Waals surface area contributed by atoms with E-state index in [1.54, 1.807) is 0 Å². The van der Waals surface area contributed by atoms with E-state index in [2.05, 4.69) is 9.97 Å². The predicted octanol–water partition coefficient (Wildman–Crippen LogP) is 0.372. The molecule has 0 fully saturated rings. The fourth-order valence-electron chi connectivity index (χ4n) is 2.54. The minimum Gasteiger partial charge on any atom is -0.462 e. The van der Waals surface area contributed by atoms with Crippen LogP contribution in [0.25, 0.3) is 0 Å². The number of nitrogens with zero attached hydrogens (tertiary/aromatic N) is 1. The fraction of sp³-hybridized carbons (Fsp3) is 0.556. The monoisotopic (exact) mass is 428 g/mol. The molecule has 12 heteroatoms. The average molecular weight is 428 g/mol. The van der Waals surface area contributed by atoms with Gasteiger partial charge in [0, 0.05) is 47.0 Å². The van der Waals surface area contributed by atoms with E-state index >= 15 is 0 Å². The van der Waals surface area contributed by atoms with Crippen molar-refractivity contribution < 1.29 is 47.7 Å². The van der Waals surface area contributed by atoms with Crippen LogP contribution < -0.4 is 0 Å². The topological polar surface area (TPSA) is 160 Å². The maximum Gasteiger partial charge on any atom is 0.303 e. The third-order valence-electron chi connectivity index (χ3n) is 3.44. The van der Waals surface area contributed by atoms with E-state index in [1.165, 1.54) is 12.4 Å². The first-order chi connectivity index (χ1) is 14.0. The Kier molecular flexibility index (Phi) is 9.46. The van der Waals surface area contributed by atoms with Crippen molar-refractivity contribution in [1.29, 1.82) is 0 Å². The van der Waals surface area contributed by atoms with E-state index in [9.17, 15) is 24.0 Å². The molecule has 0 saturated heterocycles. The predicted molar refractivity (Wildman–Crippen MR) is 96.4 cm³/mol. The number of nitrogens with one attached hydrogen (secondary N) is 1. The zero-order chi connectivity index (χ0) is 22.8. The molecule has 1 aromatic rings. The number of ether oxygens (including phenoxy) is 5. The lowest BCUT2D eigenvalue weighted by molar-refractivity contribution is -0.204. The molecule has 1 rings (SSSR count). The molecule has 0 aliphatic rings. The summed E-state index contributed by atoms with van der Waals surface area (Å²) >= 11 is 0. The maximum absolute atomic E-state index is 11.8. The Morgan fingerprint density at radius 2 is 1.33 bits per heavy atom. The van der Waals surface area contributed by atoms with E-state index < -0.39 is 60.9 Å². The lowest BCUT2D eigenvalue weighted by atomic mass is 10.0. The normalized spacial score (nSPS) is 14.4. The summed E-state index contributed by atoms with van der Waals surface area (Å²) in [6, 6.07) is 0. The molecule has 166 valence electrons. The summed E-state index contributed by atoms with van der Waals surface area (Å²) in [5.74, 6) is -3.79. The summed E-state index contributed by atoms with van der Waals surface area (Å²) < 4.78 is 25.8. The van der Waals surface area contributed by atoms with E-state index in [-0.39, 0.29) is 5.82 Å². The first kappa shape index (κ1) is 24.6. The lowest BCUT2D eigenvalue weighted by Gasteiger charge is -2.34. The molecule has 0 amide bonds. The molecule has 1 heterocycles. The second-order valence-electron chi connectivity index (χ2n) is 6.10. The van der Waals surface area contributed by atoms with Gasteiger partial charge in [0.05, 0.1) is 0 Å². The standard InChI is InChI=1S/C18H24N2O10/c1-9(21)26-8-14(27-10(2)22)15(28-11(3)23)16(29-12(4)24)17(30-13(5)25)18-19-6-7-20-18/h6-7,14-17H,8H2,1-5H3,(H,19,20)/t14-,15+,16+,17-/m0/s1. The van der Waals surface area contributed by atoms with Gasteiger partial charge in [0.2, 0.25) is 0 Å². The third-order valence-corrected chi connectivity index (χ3v) is 3.44. The number of H-pyrrole nitrogens is 1. The van der Waals surface area contributed by atoms with Crippen LogP contribution in [0, 0.1) is 0 Å². The SMILES string of the molecule is CC(=O)OC[C@H](OC(C)=O)[C@@H](OC(C)=O)[C@@H](OC(C)=O)[C@H](OC(C)=O)c1ncc[nH]1. The molecule has 30 heavy (non-hydrogen) atoms. The second kappa shape index (κ2) is 11.5. The minimum atomic E-state index is -1.51. The van der Waals surface area contributed by atoms with Crippen LogP contribution in [-0.2, 0) is 47.7 Å². The first-order valence-corrected chi connectivity index (χ1v) is 8.82. The van der Waals surface area contributed by atoms with Gasteiger partial charge in [0.15, 0.2) is 30.2 Å². The van der Waals surface area contributed by atoms with Crippen molar-refractivity contribution in [2.75, 3.05) is 6.61 Å². The zero-order valence-corrected chi connectivity index (χ0v) is 17.2. The molecule has 1 aromatic heterocycles. The highest BCUT2D eigenvalue weighted by molar-refractivity contribution is 5.69. The second-order valence-corrected chi connectivity index (χ2v) is 6.10. The van der Waals surface area contributed by atoms with Crippen LogP contribution in [0.2, 0.25) is 0 Å². The Labute approximate surface area is 172 Å².